The average molecular weight is 494 g/mol. The fraction of sp³-hybridized carbons (Fsp3) is 0.242. The largest absolute Gasteiger partial charge is 0.489 e. The van der Waals surface area contributed by atoms with Crippen molar-refractivity contribution in [2.45, 2.75) is 46.1 Å². The van der Waals surface area contributed by atoms with Gasteiger partial charge in [-0.3, -0.25) is 9.69 Å². The zero-order chi connectivity index (χ0) is 26.1. The van der Waals surface area contributed by atoms with Gasteiger partial charge in [-0.25, -0.2) is 0 Å². The van der Waals surface area contributed by atoms with Gasteiger partial charge in [-0.1, -0.05) is 91.0 Å². The molecule has 4 nitrogen and oxygen atoms in total. The molecular weight excluding hydrogens is 458 g/mol. The molecule has 0 aliphatic rings. The van der Waals surface area contributed by atoms with Crippen molar-refractivity contribution in [3.8, 4) is 11.5 Å². The van der Waals surface area contributed by atoms with Crippen LogP contribution in [0.2, 0.25) is 0 Å². The van der Waals surface area contributed by atoms with E-state index in [9.17, 15) is 4.79 Å². The first-order valence-corrected chi connectivity index (χ1v) is 12.7. The van der Waals surface area contributed by atoms with E-state index in [1.54, 1.807) is 0 Å². The summed E-state index contributed by atoms with van der Waals surface area (Å²) in [7, 11) is 0. The highest BCUT2D eigenvalue weighted by Gasteiger charge is 2.25. The van der Waals surface area contributed by atoms with E-state index >= 15 is 0 Å². The number of carbonyl (C=O) groups excluding carboxylic acids is 1. The fourth-order valence-electron chi connectivity index (χ4n) is 4.01. The van der Waals surface area contributed by atoms with Crippen molar-refractivity contribution in [3.63, 3.8) is 0 Å². The molecule has 0 aromatic heterocycles. The van der Waals surface area contributed by atoms with Crippen molar-refractivity contribution in [1.82, 2.24) is 4.90 Å². The highest BCUT2D eigenvalue weighted by Crippen LogP contribution is 2.27. The molecule has 4 heteroatoms. The van der Waals surface area contributed by atoms with Gasteiger partial charge in [0.25, 0.3) is 0 Å². The Morgan fingerprint density at radius 3 is 1.57 bits per heavy atom. The SMILES string of the molecule is CC(C)(C)N(CC(=O)c1ccccc1)Cc1cc(OCc2ccccc2)cc(OCc2ccccc2)c1. The van der Waals surface area contributed by atoms with Crippen LogP contribution in [0, 0.1) is 0 Å². The quantitative estimate of drug-likeness (QED) is 0.205. The van der Waals surface area contributed by atoms with Crippen LogP contribution in [0.15, 0.2) is 109 Å². The van der Waals surface area contributed by atoms with Crippen molar-refractivity contribution in [2.75, 3.05) is 6.54 Å². The van der Waals surface area contributed by atoms with Crippen molar-refractivity contribution in [2.24, 2.45) is 0 Å². The van der Waals surface area contributed by atoms with Crippen LogP contribution in [0.25, 0.3) is 0 Å². The maximum atomic E-state index is 13.1. The van der Waals surface area contributed by atoms with Gasteiger partial charge in [0.1, 0.15) is 24.7 Å². The number of benzene rings is 4. The van der Waals surface area contributed by atoms with Crippen LogP contribution in [0.4, 0.5) is 0 Å². The Hall–Kier alpha value is -3.89. The fourth-order valence-corrected chi connectivity index (χ4v) is 4.01. The molecule has 4 aromatic carbocycles. The molecule has 0 bridgehead atoms. The maximum absolute atomic E-state index is 13.1. The molecule has 0 saturated heterocycles. The van der Waals surface area contributed by atoms with Crippen molar-refractivity contribution < 1.29 is 14.3 Å². The van der Waals surface area contributed by atoms with Crippen LogP contribution >= 0.6 is 0 Å². The first kappa shape index (κ1) is 26.2. The molecule has 0 aliphatic carbocycles. The van der Waals surface area contributed by atoms with Gasteiger partial charge in [0.15, 0.2) is 5.78 Å². The van der Waals surface area contributed by atoms with E-state index in [2.05, 4.69) is 25.7 Å². The van der Waals surface area contributed by atoms with Gasteiger partial charge >= 0.3 is 0 Å². The number of rotatable bonds is 11. The summed E-state index contributed by atoms with van der Waals surface area (Å²) in [4.78, 5) is 15.2. The summed E-state index contributed by atoms with van der Waals surface area (Å²) in [5.74, 6) is 1.59. The Balaban J connectivity index is 1.55. The van der Waals surface area contributed by atoms with Gasteiger partial charge in [0.05, 0.1) is 6.54 Å². The number of ether oxygens (including phenoxy) is 2. The van der Waals surface area contributed by atoms with Gasteiger partial charge in [-0.2, -0.15) is 0 Å². The smallest absolute Gasteiger partial charge is 0.176 e. The number of carbonyl (C=O) groups is 1. The highest BCUT2D eigenvalue weighted by atomic mass is 16.5. The van der Waals surface area contributed by atoms with E-state index in [-0.39, 0.29) is 11.3 Å². The minimum atomic E-state index is -0.212. The molecule has 0 atom stereocenters. The van der Waals surface area contributed by atoms with Crippen LogP contribution < -0.4 is 9.47 Å². The summed E-state index contributed by atoms with van der Waals surface area (Å²) in [6, 6.07) is 35.7. The topological polar surface area (TPSA) is 38.8 Å². The Morgan fingerprint density at radius 1 is 0.649 bits per heavy atom. The van der Waals surface area contributed by atoms with Crippen LogP contribution in [0.1, 0.15) is 47.8 Å². The summed E-state index contributed by atoms with van der Waals surface area (Å²) in [5, 5.41) is 0. The van der Waals surface area contributed by atoms with Gasteiger partial charge < -0.3 is 9.47 Å². The number of nitrogens with zero attached hydrogens (tertiary/aromatic N) is 1. The van der Waals surface area contributed by atoms with Crippen LogP contribution in [0.5, 0.6) is 11.5 Å². The minimum Gasteiger partial charge on any atom is -0.489 e. The van der Waals surface area contributed by atoms with E-state index < -0.39 is 0 Å². The lowest BCUT2D eigenvalue weighted by atomic mass is 10.0. The highest BCUT2D eigenvalue weighted by molar-refractivity contribution is 5.97. The minimum absolute atomic E-state index is 0.104. The normalized spacial score (nSPS) is 11.4. The first-order chi connectivity index (χ1) is 17.9. The summed E-state index contributed by atoms with van der Waals surface area (Å²) in [6.45, 7) is 8.25. The van der Waals surface area contributed by atoms with E-state index in [0.29, 0.717) is 26.3 Å². The third kappa shape index (κ3) is 8.06. The van der Waals surface area contributed by atoms with E-state index in [1.165, 1.54) is 0 Å². The lowest BCUT2D eigenvalue weighted by Crippen LogP contribution is -2.43. The zero-order valence-corrected chi connectivity index (χ0v) is 21.9. The standard InChI is InChI=1S/C33H35NO3/c1-33(2,3)34(23-32(35)29-17-11-6-12-18-29)22-28-19-30(36-24-26-13-7-4-8-14-26)21-31(20-28)37-25-27-15-9-5-10-16-27/h4-21H,22-25H2,1-3H3. The van der Waals surface area contributed by atoms with Crippen LogP contribution in [-0.2, 0) is 19.8 Å². The lowest BCUT2D eigenvalue weighted by Gasteiger charge is -2.35. The van der Waals surface area contributed by atoms with Gasteiger partial charge in [-0.15, -0.1) is 0 Å². The first-order valence-electron chi connectivity index (χ1n) is 12.7. The summed E-state index contributed by atoms with van der Waals surface area (Å²) < 4.78 is 12.4. The molecule has 4 rings (SSSR count). The third-order valence-electron chi connectivity index (χ3n) is 6.19. The number of Topliss-reactive ketones (excluding diaryl/α,β-unsaturated/α-hetero) is 1. The molecule has 37 heavy (non-hydrogen) atoms. The summed E-state index contributed by atoms with van der Waals surface area (Å²) in [6.07, 6.45) is 0. The Bertz CT molecular complexity index is 1200. The average Bonchev–Trinajstić information content (AvgIpc) is 2.91. The molecule has 0 heterocycles. The summed E-state index contributed by atoms with van der Waals surface area (Å²) in [5.41, 5.74) is 3.75. The molecule has 190 valence electrons. The van der Waals surface area contributed by atoms with Gasteiger partial charge in [0, 0.05) is 23.7 Å². The van der Waals surface area contributed by atoms with E-state index in [0.717, 1.165) is 33.8 Å². The summed E-state index contributed by atoms with van der Waals surface area (Å²) >= 11 is 0. The van der Waals surface area contributed by atoms with Crippen LogP contribution in [-0.4, -0.2) is 22.8 Å². The van der Waals surface area contributed by atoms with Crippen LogP contribution in [0.3, 0.4) is 0 Å². The molecule has 4 aromatic rings. The second kappa shape index (κ2) is 12.4. The van der Waals surface area contributed by atoms with Gasteiger partial charge in [-0.05, 0) is 49.6 Å². The number of hydrogen-bond acceptors (Lipinski definition) is 4. The Morgan fingerprint density at radius 2 is 1.11 bits per heavy atom. The van der Waals surface area contributed by atoms with E-state index in [1.807, 2.05) is 109 Å². The Labute approximate surface area is 220 Å². The predicted octanol–water partition coefficient (Wildman–Crippen LogP) is 7.33. The Kier molecular flexibility index (Phi) is 8.76. The van der Waals surface area contributed by atoms with Crippen molar-refractivity contribution >= 4 is 5.78 Å². The number of hydrogen-bond donors (Lipinski definition) is 0. The molecule has 0 radical (unpaired) electrons. The lowest BCUT2D eigenvalue weighted by molar-refractivity contribution is 0.0793. The van der Waals surface area contributed by atoms with Crippen molar-refractivity contribution in [3.05, 3.63) is 131 Å². The third-order valence-corrected chi connectivity index (χ3v) is 6.19. The molecule has 0 aliphatic heterocycles. The monoisotopic (exact) mass is 493 g/mol. The molecule has 0 spiro atoms. The second-order valence-electron chi connectivity index (χ2n) is 10.2. The number of ketones is 1. The molecule has 0 amide bonds. The van der Waals surface area contributed by atoms with Gasteiger partial charge in [0.2, 0.25) is 0 Å². The predicted molar refractivity (Wildman–Crippen MR) is 149 cm³/mol. The molecule has 0 unspecified atom stereocenters. The molecule has 0 saturated carbocycles. The van der Waals surface area contributed by atoms with Crippen molar-refractivity contribution in [1.29, 1.82) is 0 Å². The second-order valence-corrected chi connectivity index (χ2v) is 10.2. The molecule has 0 N–H and O–H groups in total. The zero-order valence-electron chi connectivity index (χ0n) is 21.9. The van der Waals surface area contributed by atoms with E-state index in [4.69, 9.17) is 9.47 Å². The molecule has 0 fully saturated rings. The maximum Gasteiger partial charge on any atom is 0.176 e. The molecular formula is C33H35NO3.